The number of hydrogen-bond donors (Lipinski definition) is 2. The van der Waals surface area contributed by atoms with Gasteiger partial charge in [0.05, 0.1) is 13.2 Å². The molecule has 7 nitrogen and oxygen atoms in total. The van der Waals surface area contributed by atoms with Crippen LogP contribution in [0.3, 0.4) is 0 Å². The standard InChI is InChI=1S/C28H36F2N4O3/c1-27(2,3)20-6-8-22(9-7-20)34(26(36)23-18-37-16-15-32-23)24(19-5-4-14-31-17-19)25(35)33-21-10-12-28(29,30)13-11-21/h4-9,14,17,21,23-24,32H,10-13,15-16,18H2,1-3H3,(H,33,35). The van der Waals surface area contributed by atoms with E-state index in [2.05, 4.69) is 36.4 Å². The van der Waals surface area contributed by atoms with E-state index in [1.165, 1.54) is 4.90 Å². The number of benzene rings is 1. The smallest absolute Gasteiger partial charge is 0.248 e. The summed E-state index contributed by atoms with van der Waals surface area (Å²) in [4.78, 5) is 33.5. The average Bonchev–Trinajstić information content (AvgIpc) is 2.88. The second-order valence-corrected chi connectivity index (χ2v) is 10.9. The zero-order valence-corrected chi connectivity index (χ0v) is 21.7. The third-order valence-electron chi connectivity index (χ3n) is 7.04. The van der Waals surface area contributed by atoms with E-state index in [1.54, 1.807) is 24.5 Å². The van der Waals surface area contributed by atoms with Crippen LogP contribution in [0.2, 0.25) is 0 Å². The van der Waals surface area contributed by atoms with Crippen LogP contribution in [0.5, 0.6) is 0 Å². The highest BCUT2D eigenvalue weighted by Gasteiger charge is 2.40. The molecule has 200 valence electrons. The number of anilines is 1. The van der Waals surface area contributed by atoms with Gasteiger partial charge in [-0.05, 0) is 42.0 Å². The van der Waals surface area contributed by atoms with E-state index in [4.69, 9.17) is 4.74 Å². The summed E-state index contributed by atoms with van der Waals surface area (Å²) in [5.74, 6) is -3.43. The lowest BCUT2D eigenvalue weighted by atomic mass is 9.87. The van der Waals surface area contributed by atoms with Gasteiger partial charge in [0, 0.05) is 49.1 Å². The van der Waals surface area contributed by atoms with E-state index in [9.17, 15) is 18.4 Å². The number of hydrogen-bond acceptors (Lipinski definition) is 5. The van der Waals surface area contributed by atoms with Gasteiger partial charge in [0.15, 0.2) is 0 Å². The van der Waals surface area contributed by atoms with Gasteiger partial charge in [0.1, 0.15) is 12.1 Å². The molecule has 1 aliphatic heterocycles. The van der Waals surface area contributed by atoms with Crippen LogP contribution in [-0.4, -0.2) is 54.6 Å². The Bertz CT molecular complexity index is 1060. The first-order valence-electron chi connectivity index (χ1n) is 12.9. The summed E-state index contributed by atoms with van der Waals surface area (Å²) >= 11 is 0. The lowest BCUT2D eigenvalue weighted by Gasteiger charge is -2.37. The number of rotatable bonds is 6. The molecule has 2 amide bonds. The van der Waals surface area contributed by atoms with E-state index in [1.807, 2.05) is 24.3 Å². The Morgan fingerprint density at radius 1 is 1.16 bits per heavy atom. The zero-order chi connectivity index (χ0) is 26.6. The summed E-state index contributed by atoms with van der Waals surface area (Å²) in [7, 11) is 0. The minimum Gasteiger partial charge on any atom is -0.378 e. The third kappa shape index (κ3) is 6.70. The van der Waals surface area contributed by atoms with Crippen LogP contribution in [0, 0.1) is 0 Å². The summed E-state index contributed by atoms with van der Waals surface area (Å²) in [6.45, 7) is 7.53. The van der Waals surface area contributed by atoms with Crippen molar-refractivity contribution in [2.75, 3.05) is 24.7 Å². The van der Waals surface area contributed by atoms with Crippen molar-refractivity contribution >= 4 is 17.5 Å². The summed E-state index contributed by atoms with van der Waals surface area (Å²) in [6.07, 6.45) is 3.00. The maximum Gasteiger partial charge on any atom is 0.248 e. The van der Waals surface area contributed by atoms with E-state index < -0.39 is 23.9 Å². The Morgan fingerprint density at radius 3 is 2.43 bits per heavy atom. The number of alkyl halides is 2. The monoisotopic (exact) mass is 514 g/mol. The summed E-state index contributed by atoms with van der Waals surface area (Å²) in [5, 5.41) is 6.15. The Kier molecular flexibility index (Phi) is 8.23. The molecule has 0 bridgehead atoms. The van der Waals surface area contributed by atoms with Crippen LogP contribution >= 0.6 is 0 Å². The fourth-order valence-corrected chi connectivity index (χ4v) is 4.84. The highest BCUT2D eigenvalue weighted by Crippen LogP contribution is 2.35. The van der Waals surface area contributed by atoms with Crippen LogP contribution in [0.4, 0.5) is 14.5 Å². The van der Waals surface area contributed by atoms with Crippen molar-refractivity contribution in [3.8, 4) is 0 Å². The van der Waals surface area contributed by atoms with Crippen molar-refractivity contribution in [3.05, 3.63) is 59.9 Å². The molecule has 2 atom stereocenters. The van der Waals surface area contributed by atoms with Crippen LogP contribution < -0.4 is 15.5 Å². The molecule has 2 fully saturated rings. The van der Waals surface area contributed by atoms with Crippen molar-refractivity contribution in [1.29, 1.82) is 0 Å². The second kappa shape index (κ2) is 11.2. The van der Waals surface area contributed by atoms with Crippen molar-refractivity contribution in [2.45, 2.75) is 75.9 Å². The van der Waals surface area contributed by atoms with Crippen LogP contribution in [0.1, 0.15) is 63.6 Å². The Hall–Kier alpha value is -2.91. The second-order valence-electron chi connectivity index (χ2n) is 10.9. The Balaban J connectivity index is 1.71. The number of amides is 2. The van der Waals surface area contributed by atoms with Crippen molar-refractivity contribution in [2.24, 2.45) is 0 Å². The predicted octanol–water partition coefficient (Wildman–Crippen LogP) is 4.14. The molecule has 2 aliphatic rings. The first-order valence-corrected chi connectivity index (χ1v) is 12.9. The fourth-order valence-electron chi connectivity index (χ4n) is 4.84. The Labute approximate surface area is 217 Å². The van der Waals surface area contributed by atoms with Gasteiger partial charge in [-0.2, -0.15) is 0 Å². The van der Waals surface area contributed by atoms with Gasteiger partial charge in [-0.1, -0.05) is 39.0 Å². The number of nitrogens with zero attached hydrogens (tertiary/aromatic N) is 2. The van der Waals surface area contributed by atoms with Crippen LogP contribution in [-0.2, 0) is 19.7 Å². The molecule has 2 unspecified atom stereocenters. The molecule has 0 spiro atoms. The first-order chi connectivity index (χ1) is 17.5. The number of morpholine rings is 1. The van der Waals surface area contributed by atoms with E-state index >= 15 is 0 Å². The lowest BCUT2D eigenvalue weighted by Crippen LogP contribution is -2.56. The molecule has 1 aromatic heterocycles. The van der Waals surface area contributed by atoms with E-state index in [-0.39, 0.29) is 49.7 Å². The third-order valence-corrected chi connectivity index (χ3v) is 7.04. The molecule has 0 radical (unpaired) electrons. The van der Waals surface area contributed by atoms with Gasteiger partial charge in [-0.15, -0.1) is 0 Å². The molecule has 1 saturated carbocycles. The molecule has 37 heavy (non-hydrogen) atoms. The summed E-state index contributed by atoms with van der Waals surface area (Å²) in [5.41, 5.74) is 2.10. The molecule has 1 saturated heterocycles. The number of aromatic nitrogens is 1. The van der Waals surface area contributed by atoms with Crippen LogP contribution in [0.25, 0.3) is 0 Å². The van der Waals surface area contributed by atoms with Crippen molar-refractivity contribution in [3.63, 3.8) is 0 Å². The molecule has 2 heterocycles. The van der Waals surface area contributed by atoms with Gasteiger partial charge in [-0.3, -0.25) is 19.5 Å². The number of ether oxygens (including phenoxy) is 1. The zero-order valence-electron chi connectivity index (χ0n) is 21.7. The Morgan fingerprint density at radius 2 is 1.86 bits per heavy atom. The maximum absolute atomic E-state index is 14.0. The fraction of sp³-hybridized carbons (Fsp3) is 0.536. The molecular formula is C28H36F2N4O3. The van der Waals surface area contributed by atoms with Crippen molar-refractivity contribution in [1.82, 2.24) is 15.6 Å². The van der Waals surface area contributed by atoms with Crippen LogP contribution in [0.15, 0.2) is 48.8 Å². The average molecular weight is 515 g/mol. The van der Waals surface area contributed by atoms with Gasteiger partial charge in [-0.25, -0.2) is 8.78 Å². The molecule has 2 aromatic rings. The quantitative estimate of drug-likeness (QED) is 0.606. The maximum atomic E-state index is 14.0. The molecule has 4 rings (SSSR count). The number of pyridine rings is 1. The molecule has 1 aromatic carbocycles. The molecular weight excluding hydrogens is 478 g/mol. The lowest BCUT2D eigenvalue weighted by molar-refractivity contribution is -0.129. The number of halogens is 2. The molecule has 9 heteroatoms. The highest BCUT2D eigenvalue weighted by atomic mass is 19.3. The van der Waals surface area contributed by atoms with Gasteiger partial charge >= 0.3 is 0 Å². The predicted molar refractivity (Wildman–Crippen MR) is 138 cm³/mol. The molecule has 2 N–H and O–H groups in total. The van der Waals surface area contributed by atoms with Gasteiger partial charge in [0.25, 0.3) is 0 Å². The summed E-state index contributed by atoms with van der Waals surface area (Å²) in [6, 6.07) is 9.03. The topological polar surface area (TPSA) is 83.6 Å². The minimum atomic E-state index is -2.70. The number of nitrogens with one attached hydrogen (secondary N) is 2. The summed E-state index contributed by atoms with van der Waals surface area (Å²) < 4.78 is 33.0. The largest absolute Gasteiger partial charge is 0.378 e. The van der Waals surface area contributed by atoms with E-state index in [0.29, 0.717) is 24.4 Å². The number of carbonyl (C=O) groups excluding carboxylic acids is 2. The normalized spacial score (nSPS) is 21.2. The van der Waals surface area contributed by atoms with Crippen molar-refractivity contribution < 1.29 is 23.1 Å². The minimum absolute atomic E-state index is 0.0880. The number of carbonyl (C=O) groups is 2. The van der Waals surface area contributed by atoms with Gasteiger partial charge in [0.2, 0.25) is 17.7 Å². The SMILES string of the molecule is CC(C)(C)c1ccc(N(C(=O)C2COCCN2)C(C(=O)NC2CCC(F)(F)CC2)c2cccnc2)cc1. The first kappa shape index (κ1) is 27.1. The molecule has 1 aliphatic carbocycles. The van der Waals surface area contributed by atoms with E-state index in [0.717, 1.165) is 5.56 Å². The van der Waals surface area contributed by atoms with Gasteiger partial charge < -0.3 is 15.4 Å². The highest BCUT2D eigenvalue weighted by molar-refractivity contribution is 6.03.